The van der Waals surface area contributed by atoms with Gasteiger partial charge in [0, 0.05) is 0 Å². The minimum Gasteiger partial charge on any atom is -0.225 e. The molecule has 3 rings (SSSR count). The number of hydrogen-bond acceptors (Lipinski definition) is 5. The first-order chi connectivity index (χ1) is 11.1. The molecule has 1 fully saturated rings. The molecule has 0 unspecified atom stereocenters. The monoisotopic (exact) mass is 335 g/mol. The van der Waals surface area contributed by atoms with E-state index in [9.17, 15) is 8.42 Å². The van der Waals surface area contributed by atoms with E-state index < -0.39 is 10.0 Å². The largest absolute Gasteiger partial charge is 0.240 e. The Labute approximate surface area is 136 Å². The Bertz CT molecular complexity index is 748. The molecule has 7 nitrogen and oxygen atoms in total. The fraction of sp³-hybridized carbons (Fsp3) is 0.533. The third kappa shape index (κ3) is 3.76. The molecule has 23 heavy (non-hydrogen) atoms. The molecule has 1 aromatic heterocycles. The fourth-order valence-electron chi connectivity index (χ4n) is 2.90. The highest BCUT2D eigenvalue weighted by atomic mass is 32.2. The average molecular weight is 335 g/mol. The summed E-state index contributed by atoms with van der Waals surface area (Å²) in [5.41, 5.74) is 1.02. The van der Waals surface area contributed by atoms with Gasteiger partial charge in [0.05, 0.1) is 17.5 Å². The van der Waals surface area contributed by atoms with Crippen molar-refractivity contribution in [1.82, 2.24) is 24.9 Å². The van der Waals surface area contributed by atoms with Crippen LogP contribution < -0.4 is 4.72 Å². The fourth-order valence-corrected chi connectivity index (χ4v) is 3.88. The molecule has 0 bridgehead atoms. The maximum Gasteiger partial charge on any atom is 0.240 e. The molecule has 8 heteroatoms. The van der Waals surface area contributed by atoms with Gasteiger partial charge in [-0.05, 0) is 42.3 Å². The molecule has 0 aliphatic heterocycles. The highest BCUT2D eigenvalue weighted by molar-refractivity contribution is 7.89. The maximum atomic E-state index is 12.3. The van der Waals surface area contributed by atoms with E-state index in [1.54, 1.807) is 28.9 Å². The highest BCUT2D eigenvalue weighted by Gasteiger charge is 2.21. The Morgan fingerprint density at radius 3 is 2.57 bits per heavy atom. The zero-order valence-electron chi connectivity index (χ0n) is 13.1. The summed E-state index contributed by atoms with van der Waals surface area (Å²) in [6, 6.07) is 7.03. The van der Waals surface area contributed by atoms with Gasteiger partial charge < -0.3 is 0 Å². The normalized spacial score (nSPS) is 16.6. The smallest absolute Gasteiger partial charge is 0.225 e. The Morgan fingerprint density at radius 1 is 1.17 bits per heavy atom. The lowest BCUT2D eigenvalue weighted by Crippen LogP contribution is -2.26. The third-order valence-corrected chi connectivity index (χ3v) is 5.65. The molecule has 1 heterocycles. The molecule has 1 aromatic carbocycles. The van der Waals surface area contributed by atoms with Gasteiger partial charge in [-0.15, -0.1) is 5.10 Å². The lowest BCUT2D eigenvalue weighted by molar-refractivity contribution is 0.316. The van der Waals surface area contributed by atoms with Crippen LogP contribution in [0, 0.1) is 6.92 Å². The Hall–Kier alpha value is -1.80. The van der Waals surface area contributed by atoms with E-state index >= 15 is 0 Å². The predicted molar refractivity (Wildman–Crippen MR) is 85.1 cm³/mol. The van der Waals surface area contributed by atoms with E-state index in [1.807, 2.05) is 6.92 Å². The van der Waals surface area contributed by atoms with Crippen molar-refractivity contribution in [3.8, 4) is 0 Å². The van der Waals surface area contributed by atoms with Crippen LogP contribution in [0.2, 0.25) is 0 Å². The number of tetrazole rings is 1. The second-order valence-electron chi connectivity index (χ2n) is 5.97. The van der Waals surface area contributed by atoms with E-state index in [0.29, 0.717) is 5.82 Å². The minimum absolute atomic E-state index is 0.0969. The SMILES string of the molecule is Cc1ccc(S(=O)(=O)NCc2nnnn2C2CCCCC2)cc1. The summed E-state index contributed by atoms with van der Waals surface area (Å²) in [4.78, 5) is 0.250. The van der Waals surface area contributed by atoms with Gasteiger partial charge in [-0.1, -0.05) is 37.0 Å². The molecular weight excluding hydrogens is 314 g/mol. The van der Waals surface area contributed by atoms with Crippen LogP contribution in [-0.4, -0.2) is 28.6 Å². The lowest BCUT2D eigenvalue weighted by Gasteiger charge is -2.22. The molecule has 1 saturated carbocycles. The molecule has 2 aromatic rings. The number of benzene rings is 1. The molecule has 0 atom stereocenters. The van der Waals surface area contributed by atoms with Crippen LogP contribution >= 0.6 is 0 Å². The second kappa shape index (κ2) is 6.76. The molecule has 0 radical (unpaired) electrons. The van der Waals surface area contributed by atoms with E-state index in [0.717, 1.165) is 18.4 Å². The van der Waals surface area contributed by atoms with Gasteiger partial charge >= 0.3 is 0 Å². The Balaban J connectivity index is 1.71. The van der Waals surface area contributed by atoms with Crippen LogP contribution in [-0.2, 0) is 16.6 Å². The van der Waals surface area contributed by atoms with E-state index in [4.69, 9.17) is 0 Å². The number of aryl methyl sites for hydroxylation is 1. The van der Waals surface area contributed by atoms with Crippen LogP contribution in [0.1, 0.15) is 49.5 Å². The molecule has 0 saturated heterocycles. The zero-order chi connectivity index (χ0) is 16.3. The molecule has 1 aliphatic rings. The molecule has 124 valence electrons. The number of rotatable bonds is 5. The molecular formula is C15H21N5O2S. The van der Waals surface area contributed by atoms with Crippen molar-refractivity contribution in [2.24, 2.45) is 0 Å². The Morgan fingerprint density at radius 2 is 1.87 bits per heavy atom. The van der Waals surface area contributed by atoms with Crippen LogP contribution in [0.5, 0.6) is 0 Å². The topological polar surface area (TPSA) is 89.8 Å². The van der Waals surface area contributed by atoms with Crippen molar-refractivity contribution in [3.63, 3.8) is 0 Å². The van der Waals surface area contributed by atoms with Gasteiger partial charge in [0.2, 0.25) is 10.0 Å². The van der Waals surface area contributed by atoms with Gasteiger partial charge in [0.15, 0.2) is 5.82 Å². The van der Waals surface area contributed by atoms with Crippen LogP contribution in [0.3, 0.4) is 0 Å². The number of nitrogens with zero attached hydrogens (tertiary/aromatic N) is 4. The first kappa shape index (κ1) is 16.1. The summed E-state index contributed by atoms with van der Waals surface area (Å²) in [5, 5.41) is 11.7. The van der Waals surface area contributed by atoms with Crippen molar-refractivity contribution < 1.29 is 8.42 Å². The van der Waals surface area contributed by atoms with Crippen LogP contribution in [0.25, 0.3) is 0 Å². The summed E-state index contributed by atoms with van der Waals surface area (Å²) in [6.45, 7) is 2.02. The molecule has 1 aliphatic carbocycles. The first-order valence-electron chi connectivity index (χ1n) is 7.89. The number of aromatic nitrogens is 4. The quantitative estimate of drug-likeness (QED) is 0.902. The molecule has 1 N–H and O–H groups in total. The standard InChI is InChI=1S/C15H21N5O2S/c1-12-7-9-14(10-8-12)23(21,22)16-11-15-17-18-19-20(15)13-5-3-2-4-6-13/h7-10,13,16H,2-6,11H2,1H3. The van der Waals surface area contributed by atoms with Crippen molar-refractivity contribution in [3.05, 3.63) is 35.7 Å². The van der Waals surface area contributed by atoms with E-state index in [2.05, 4.69) is 20.2 Å². The van der Waals surface area contributed by atoms with E-state index in [-0.39, 0.29) is 17.5 Å². The van der Waals surface area contributed by atoms with Gasteiger partial charge in [-0.25, -0.2) is 17.8 Å². The zero-order valence-corrected chi connectivity index (χ0v) is 14.0. The molecule has 0 spiro atoms. The number of nitrogens with one attached hydrogen (secondary N) is 1. The summed E-state index contributed by atoms with van der Waals surface area (Å²) >= 11 is 0. The molecule has 0 amide bonds. The first-order valence-corrected chi connectivity index (χ1v) is 9.38. The average Bonchev–Trinajstić information content (AvgIpc) is 3.03. The van der Waals surface area contributed by atoms with Crippen molar-refractivity contribution in [1.29, 1.82) is 0 Å². The van der Waals surface area contributed by atoms with Crippen LogP contribution in [0.4, 0.5) is 0 Å². The van der Waals surface area contributed by atoms with E-state index in [1.165, 1.54) is 19.3 Å². The Kier molecular flexibility index (Phi) is 4.72. The van der Waals surface area contributed by atoms with Gasteiger partial charge in [-0.3, -0.25) is 0 Å². The van der Waals surface area contributed by atoms with Gasteiger partial charge in [0.25, 0.3) is 0 Å². The maximum absolute atomic E-state index is 12.3. The van der Waals surface area contributed by atoms with Gasteiger partial charge in [-0.2, -0.15) is 0 Å². The highest BCUT2D eigenvalue weighted by Crippen LogP contribution is 2.27. The van der Waals surface area contributed by atoms with Crippen molar-refractivity contribution in [2.75, 3.05) is 0 Å². The summed E-state index contributed by atoms with van der Waals surface area (Å²) in [5.74, 6) is 0.563. The minimum atomic E-state index is -3.56. The predicted octanol–water partition coefficient (Wildman–Crippen LogP) is 1.97. The summed E-state index contributed by atoms with van der Waals surface area (Å²) in [6.07, 6.45) is 5.66. The van der Waals surface area contributed by atoms with Gasteiger partial charge in [0.1, 0.15) is 0 Å². The summed E-state index contributed by atoms with van der Waals surface area (Å²) in [7, 11) is -3.56. The second-order valence-corrected chi connectivity index (χ2v) is 7.74. The summed E-state index contributed by atoms with van der Waals surface area (Å²) < 4.78 is 29.0. The van der Waals surface area contributed by atoms with Crippen molar-refractivity contribution >= 4 is 10.0 Å². The lowest BCUT2D eigenvalue weighted by atomic mass is 9.96. The number of sulfonamides is 1. The van der Waals surface area contributed by atoms with Crippen molar-refractivity contribution in [2.45, 2.75) is 56.5 Å². The number of hydrogen-bond donors (Lipinski definition) is 1. The van der Waals surface area contributed by atoms with Crippen LogP contribution in [0.15, 0.2) is 29.2 Å². The third-order valence-electron chi connectivity index (χ3n) is 4.23.